The fourth-order valence-electron chi connectivity index (χ4n) is 3.19. The van der Waals surface area contributed by atoms with Crippen molar-refractivity contribution in [1.82, 2.24) is 19.8 Å². The number of rotatable bonds is 3. The van der Waals surface area contributed by atoms with Gasteiger partial charge < -0.3 is 14.8 Å². The van der Waals surface area contributed by atoms with Crippen LogP contribution >= 0.6 is 0 Å². The fourth-order valence-corrected chi connectivity index (χ4v) is 3.19. The second-order valence-corrected chi connectivity index (χ2v) is 6.24. The van der Waals surface area contributed by atoms with Crippen LogP contribution in [0.25, 0.3) is 10.9 Å². The molecule has 0 saturated carbocycles. The van der Waals surface area contributed by atoms with Crippen molar-refractivity contribution in [1.29, 1.82) is 0 Å². The van der Waals surface area contributed by atoms with Crippen molar-refractivity contribution in [2.45, 2.75) is 12.6 Å². The van der Waals surface area contributed by atoms with E-state index in [2.05, 4.69) is 10.3 Å². The maximum Gasteiger partial charge on any atom is 0.270 e. The Morgan fingerprint density at radius 1 is 1.28 bits per heavy atom. The number of nitrogens with one attached hydrogen (secondary N) is 1. The summed E-state index contributed by atoms with van der Waals surface area (Å²) in [5.41, 5.74) is 2.14. The summed E-state index contributed by atoms with van der Waals surface area (Å²) < 4.78 is 1.93. The molecule has 2 aromatic heterocycles. The lowest BCUT2D eigenvalue weighted by molar-refractivity contribution is 0.0645. The molecule has 0 aliphatic carbocycles. The molecular formula is C19H18N4O2. The number of pyridine rings is 1. The van der Waals surface area contributed by atoms with Gasteiger partial charge in [0.2, 0.25) is 0 Å². The third kappa shape index (κ3) is 2.76. The minimum atomic E-state index is -0.148. The molecule has 0 bridgehead atoms. The molecule has 1 aliphatic rings. The van der Waals surface area contributed by atoms with Crippen LogP contribution in [0.3, 0.4) is 0 Å². The number of amides is 2. The molecule has 3 aromatic rings. The number of hydrogen-bond donors (Lipinski definition) is 1. The first-order valence-electron chi connectivity index (χ1n) is 8.19. The number of carbonyl (C=O) groups is 2. The van der Waals surface area contributed by atoms with Crippen molar-refractivity contribution in [3.05, 3.63) is 66.1 Å². The zero-order valence-corrected chi connectivity index (χ0v) is 13.8. The Balaban J connectivity index is 1.47. The predicted molar refractivity (Wildman–Crippen MR) is 94.4 cm³/mol. The van der Waals surface area contributed by atoms with Crippen LogP contribution in [-0.4, -0.2) is 45.9 Å². The van der Waals surface area contributed by atoms with E-state index in [1.807, 2.05) is 47.2 Å². The molecule has 3 heterocycles. The molecule has 1 aromatic carbocycles. The van der Waals surface area contributed by atoms with Gasteiger partial charge in [-0.1, -0.05) is 6.07 Å². The molecule has 6 heteroatoms. The van der Waals surface area contributed by atoms with E-state index in [4.69, 9.17) is 0 Å². The molecule has 2 amide bonds. The third-order valence-electron chi connectivity index (χ3n) is 4.69. The number of nitrogens with zero attached hydrogens (tertiary/aromatic N) is 3. The number of fused-ring (bicyclic) bond motifs is 2. The van der Waals surface area contributed by atoms with E-state index in [0.717, 1.165) is 10.9 Å². The molecule has 0 radical (unpaired) electrons. The van der Waals surface area contributed by atoms with E-state index < -0.39 is 0 Å². The van der Waals surface area contributed by atoms with Gasteiger partial charge in [-0.15, -0.1) is 0 Å². The summed E-state index contributed by atoms with van der Waals surface area (Å²) in [7, 11) is 1.78. The van der Waals surface area contributed by atoms with Crippen LogP contribution in [0.15, 0.2) is 54.9 Å². The lowest BCUT2D eigenvalue weighted by Gasteiger charge is -2.33. The summed E-state index contributed by atoms with van der Waals surface area (Å²) in [6, 6.07) is 12.8. The number of hydrogen-bond acceptors (Lipinski definition) is 3. The minimum absolute atomic E-state index is 0.0210. The Kier molecular flexibility index (Phi) is 3.72. The SMILES string of the molecule is CN1C(=O)c2cccn2CC1CNC(=O)c1ccc2ncccc2c1. The second-order valence-electron chi connectivity index (χ2n) is 6.24. The van der Waals surface area contributed by atoms with Crippen LogP contribution in [0.2, 0.25) is 0 Å². The van der Waals surface area contributed by atoms with Crippen molar-refractivity contribution in [3.63, 3.8) is 0 Å². The zero-order chi connectivity index (χ0) is 17.4. The molecule has 1 aliphatic heterocycles. The minimum Gasteiger partial charge on any atom is -0.350 e. The van der Waals surface area contributed by atoms with Crippen molar-refractivity contribution < 1.29 is 9.59 Å². The number of likely N-dealkylation sites (N-methyl/N-ethyl adjacent to an activating group) is 1. The maximum atomic E-state index is 12.5. The van der Waals surface area contributed by atoms with E-state index >= 15 is 0 Å². The van der Waals surface area contributed by atoms with Crippen LogP contribution in [0.4, 0.5) is 0 Å². The van der Waals surface area contributed by atoms with Gasteiger partial charge in [-0.3, -0.25) is 14.6 Å². The van der Waals surface area contributed by atoms with Gasteiger partial charge in [0.15, 0.2) is 0 Å². The second kappa shape index (κ2) is 6.05. The first-order chi connectivity index (χ1) is 12.1. The molecule has 1 N–H and O–H groups in total. The lowest BCUT2D eigenvalue weighted by atomic mass is 10.1. The van der Waals surface area contributed by atoms with Gasteiger partial charge in [-0.2, -0.15) is 0 Å². The van der Waals surface area contributed by atoms with Gasteiger partial charge in [-0.25, -0.2) is 0 Å². The number of carbonyl (C=O) groups excluding carboxylic acids is 2. The fraction of sp³-hybridized carbons (Fsp3) is 0.211. The van der Waals surface area contributed by atoms with Crippen molar-refractivity contribution >= 4 is 22.7 Å². The Morgan fingerprint density at radius 2 is 2.16 bits per heavy atom. The van der Waals surface area contributed by atoms with E-state index in [-0.39, 0.29) is 17.9 Å². The van der Waals surface area contributed by atoms with Gasteiger partial charge in [0.1, 0.15) is 5.69 Å². The quantitative estimate of drug-likeness (QED) is 0.796. The summed E-state index contributed by atoms with van der Waals surface area (Å²) in [5.74, 6) is -0.169. The van der Waals surface area contributed by atoms with Gasteiger partial charge in [0.25, 0.3) is 11.8 Å². The summed E-state index contributed by atoms with van der Waals surface area (Å²) in [6.45, 7) is 1.08. The van der Waals surface area contributed by atoms with Crippen molar-refractivity contribution in [2.75, 3.05) is 13.6 Å². The third-order valence-corrected chi connectivity index (χ3v) is 4.69. The average Bonchev–Trinajstić information content (AvgIpc) is 3.11. The summed E-state index contributed by atoms with van der Waals surface area (Å²) in [4.78, 5) is 30.8. The van der Waals surface area contributed by atoms with Gasteiger partial charge in [0.05, 0.1) is 11.6 Å². The summed E-state index contributed by atoms with van der Waals surface area (Å²) >= 11 is 0. The average molecular weight is 334 g/mol. The van der Waals surface area contributed by atoms with Gasteiger partial charge in [0, 0.05) is 43.5 Å². The predicted octanol–water partition coefficient (Wildman–Crippen LogP) is 1.92. The first-order valence-corrected chi connectivity index (χ1v) is 8.19. The van der Waals surface area contributed by atoms with Crippen LogP contribution in [0.1, 0.15) is 20.8 Å². The summed E-state index contributed by atoms with van der Waals surface area (Å²) in [6.07, 6.45) is 3.62. The molecule has 6 nitrogen and oxygen atoms in total. The molecule has 1 atom stereocenters. The Bertz CT molecular complexity index is 963. The topological polar surface area (TPSA) is 67.2 Å². The van der Waals surface area contributed by atoms with E-state index in [1.54, 1.807) is 24.2 Å². The molecule has 25 heavy (non-hydrogen) atoms. The Labute approximate surface area is 145 Å². The van der Waals surface area contributed by atoms with Crippen LogP contribution < -0.4 is 5.32 Å². The maximum absolute atomic E-state index is 12.5. The van der Waals surface area contributed by atoms with Crippen LogP contribution in [-0.2, 0) is 6.54 Å². The molecule has 0 fully saturated rings. The highest BCUT2D eigenvalue weighted by Crippen LogP contribution is 2.17. The number of benzene rings is 1. The molecule has 126 valence electrons. The standard InChI is InChI=1S/C19H18N4O2/c1-22-15(12-23-9-3-5-17(23)19(22)25)11-21-18(24)14-6-7-16-13(10-14)4-2-8-20-16/h2-10,15H,11-12H2,1H3,(H,21,24). The van der Waals surface area contributed by atoms with E-state index in [0.29, 0.717) is 24.3 Å². The Hall–Kier alpha value is -3.15. The highest BCUT2D eigenvalue weighted by molar-refractivity contribution is 5.98. The molecule has 1 unspecified atom stereocenters. The molecular weight excluding hydrogens is 316 g/mol. The van der Waals surface area contributed by atoms with Crippen molar-refractivity contribution in [3.8, 4) is 0 Å². The molecule has 0 saturated heterocycles. The largest absolute Gasteiger partial charge is 0.350 e. The first kappa shape index (κ1) is 15.4. The normalized spacial score (nSPS) is 16.8. The Morgan fingerprint density at radius 3 is 3.04 bits per heavy atom. The lowest BCUT2D eigenvalue weighted by Crippen LogP contribution is -2.50. The smallest absolute Gasteiger partial charge is 0.270 e. The van der Waals surface area contributed by atoms with Crippen LogP contribution in [0.5, 0.6) is 0 Å². The van der Waals surface area contributed by atoms with Crippen molar-refractivity contribution in [2.24, 2.45) is 0 Å². The van der Waals surface area contributed by atoms with Gasteiger partial charge in [-0.05, 0) is 36.4 Å². The highest BCUT2D eigenvalue weighted by Gasteiger charge is 2.29. The monoisotopic (exact) mass is 334 g/mol. The molecule has 4 rings (SSSR count). The zero-order valence-electron chi connectivity index (χ0n) is 13.8. The van der Waals surface area contributed by atoms with Crippen LogP contribution in [0, 0.1) is 0 Å². The highest BCUT2D eigenvalue weighted by atomic mass is 16.2. The molecule has 0 spiro atoms. The van der Waals surface area contributed by atoms with E-state index in [1.165, 1.54) is 0 Å². The van der Waals surface area contributed by atoms with E-state index in [9.17, 15) is 9.59 Å². The summed E-state index contributed by atoms with van der Waals surface area (Å²) in [5, 5.41) is 3.87. The van der Waals surface area contributed by atoms with Gasteiger partial charge >= 0.3 is 0 Å². The number of aromatic nitrogens is 2.